The van der Waals surface area contributed by atoms with Crippen molar-refractivity contribution in [1.29, 1.82) is 5.26 Å². The summed E-state index contributed by atoms with van der Waals surface area (Å²) in [6, 6.07) is 2.16. The summed E-state index contributed by atoms with van der Waals surface area (Å²) in [7, 11) is 1.90. The van der Waals surface area contributed by atoms with E-state index in [2.05, 4.69) is 16.4 Å². The van der Waals surface area contributed by atoms with Crippen molar-refractivity contribution in [3.63, 3.8) is 0 Å². The topological polar surface area (TPSA) is 61.2 Å². The second-order valence-electron chi connectivity index (χ2n) is 4.64. The number of halogens is 1. The van der Waals surface area contributed by atoms with Crippen molar-refractivity contribution < 1.29 is 4.84 Å². The lowest BCUT2D eigenvalue weighted by Crippen LogP contribution is -2.29. The number of nitrogens with zero attached hydrogens (tertiary/aromatic N) is 3. The second-order valence-corrected chi connectivity index (χ2v) is 5.89. The lowest BCUT2D eigenvalue weighted by molar-refractivity contribution is -0.172. The van der Waals surface area contributed by atoms with E-state index in [1.165, 1.54) is 11.3 Å². The van der Waals surface area contributed by atoms with Gasteiger partial charge in [0.2, 0.25) is 0 Å². The number of nitrogens with one attached hydrogen (secondary N) is 1. The molecule has 0 spiro atoms. The minimum absolute atomic E-state index is 0.182. The van der Waals surface area contributed by atoms with Crippen LogP contribution in [-0.4, -0.2) is 30.2 Å². The Bertz CT molecular complexity index is 590. The third-order valence-corrected chi connectivity index (χ3v) is 4.46. The van der Waals surface area contributed by atoms with Crippen LogP contribution >= 0.6 is 22.9 Å². The van der Waals surface area contributed by atoms with Crippen LogP contribution in [0.4, 0.5) is 0 Å². The first-order valence-corrected chi connectivity index (χ1v) is 7.86. The van der Waals surface area contributed by atoms with Gasteiger partial charge in [0.25, 0.3) is 0 Å². The first kappa shape index (κ1) is 16.0. The van der Waals surface area contributed by atoms with E-state index in [0.29, 0.717) is 17.3 Å². The third-order valence-electron chi connectivity index (χ3n) is 3.13. The molecule has 0 aromatic carbocycles. The molecule has 0 saturated carbocycles. The summed E-state index contributed by atoms with van der Waals surface area (Å²) in [5.74, 6) is 0. The van der Waals surface area contributed by atoms with E-state index < -0.39 is 0 Å². The Morgan fingerprint density at radius 1 is 1.62 bits per heavy atom. The minimum atomic E-state index is -0.182. The van der Waals surface area contributed by atoms with E-state index in [1.54, 1.807) is 10.6 Å². The molecule has 0 saturated heterocycles. The second kappa shape index (κ2) is 7.57. The van der Waals surface area contributed by atoms with E-state index in [-0.39, 0.29) is 6.10 Å². The van der Waals surface area contributed by atoms with Crippen LogP contribution < -0.4 is 5.32 Å². The van der Waals surface area contributed by atoms with Crippen LogP contribution in [0.15, 0.2) is 28.9 Å². The molecule has 0 radical (unpaired) electrons. The van der Waals surface area contributed by atoms with Gasteiger partial charge in [-0.25, -0.2) is 4.98 Å². The molecule has 0 fully saturated rings. The highest BCUT2D eigenvalue weighted by atomic mass is 35.5. The van der Waals surface area contributed by atoms with E-state index >= 15 is 0 Å². The highest BCUT2D eigenvalue weighted by Crippen LogP contribution is 2.33. The molecule has 2 rings (SSSR count). The molecule has 1 unspecified atom stereocenters. The number of aromatic nitrogens is 1. The third kappa shape index (κ3) is 4.05. The molecule has 1 aliphatic rings. The van der Waals surface area contributed by atoms with Gasteiger partial charge < -0.3 is 5.32 Å². The fourth-order valence-electron chi connectivity index (χ4n) is 1.94. The molecule has 1 aromatic heterocycles. The largest absolute Gasteiger partial charge is 0.320 e. The molecule has 21 heavy (non-hydrogen) atoms. The van der Waals surface area contributed by atoms with Gasteiger partial charge in [-0.15, -0.1) is 11.3 Å². The average molecular weight is 325 g/mol. The van der Waals surface area contributed by atoms with Crippen LogP contribution in [0, 0.1) is 11.3 Å². The van der Waals surface area contributed by atoms with Gasteiger partial charge in [-0.3, -0.25) is 9.90 Å². The highest BCUT2D eigenvalue weighted by molar-refractivity contribution is 7.10. The summed E-state index contributed by atoms with van der Waals surface area (Å²) >= 11 is 7.61. The molecule has 1 atom stereocenters. The smallest absolute Gasteiger partial charge is 0.145 e. The van der Waals surface area contributed by atoms with Gasteiger partial charge in [0.15, 0.2) is 0 Å². The fourth-order valence-corrected chi connectivity index (χ4v) is 3.04. The van der Waals surface area contributed by atoms with Crippen LogP contribution in [0.1, 0.15) is 24.3 Å². The summed E-state index contributed by atoms with van der Waals surface area (Å²) < 4.78 is 0. The molecule has 1 aliphatic heterocycles. The first-order valence-electron chi connectivity index (χ1n) is 6.61. The summed E-state index contributed by atoms with van der Waals surface area (Å²) in [5.41, 5.74) is 3.35. The predicted octanol–water partition coefficient (Wildman–Crippen LogP) is 3.05. The Morgan fingerprint density at radius 2 is 2.43 bits per heavy atom. The molecule has 0 aliphatic carbocycles. The van der Waals surface area contributed by atoms with Gasteiger partial charge >= 0.3 is 0 Å². The molecule has 5 nitrogen and oxygen atoms in total. The van der Waals surface area contributed by atoms with E-state index in [4.69, 9.17) is 21.7 Å². The van der Waals surface area contributed by atoms with Crippen molar-refractivity contribution in [2.24, 2.45) is 0 Å². The Balaban J connectivity index is 2.13. The van der Waals surface area contributed by atoms with Gasteiger partial charge in [0.05, 0.1) is 28.6 Å². The molecule has 1 N–H and O–H groups in total. The molecular weight excluding hydrogens is 308 g/mol. The predicted molar refractivity (Wildman–Crippen MR) is 83.7 cm³/mol. The van der Waals surface area contributed by atoms with Crippen LogP contribution in [0.3, 0.4) is 0 Å². The number of hydroxylamine groups is 2. The Kier molecular flexibility index (Phi) is 5.76. The minimum Gasteiger partial charge on any atom is -0.320 e. The number of thiazole rings is 1. The fraction of sp³-hybridized carbons (Fsp3) is 0.429. The Hall–Kier alpha value is -1.39. The molecule has 2 heterocycles. The molecule has 7 heteroatoms. The normalized spacial score (nSPS) is 16.2. The van der Waals surface area contributed by atoms with E-state index in [1.807, 2.05) is 26.1 Å². The van der Waals surface area contributed by atoms with Crippen LogP contribution in [0.5, 0.6) is 0 Å². The zero-order chi connectivity index (χ0) is 15.2. The Morgan fingerprint density at radius 3 is 3.05 bits per heavy atom. The summed E-state index contributed by atoms with van der Waals surface area (Å²) in [6.07, 6.45) is 4.29. The van der Waals surface area contributed by atoms with Crippen molar-refractivity contribution in [3.05, 3.63) is 39.0 Å². The van der Waals surface area contributed by atoms with Gasteiger partial charge in [-0.1, -0.05) is 11.6 Å². The number of hydrogen-bond acceptors (Lipinski definition) is 6. The maximum Gasteiger partial charge on any atom is 0.145 e. The zero-order valence-electron chi connectivity index (χ0n) is 12.0. The zero-order valence-corrected chi connectivity index (χ0v) is 13.5. The Labute approximate surface area is 133 Å². The summed E-state index contributed by atoms with van der Waals surface area (Å²) in [4.78, 5) is 11.1. The summed E-state index contributed by atoms with van der Waals surface area (Å²) in [5, 5.41) is 14.4. The molecule has 0 amide bonds. The van der Waals surface area contributed by atoms with E-state index in [9.17, 15) is 0 Å². The monoisotopic (exact) mass is 324 g/mol. The lowest BCUT2D eigenvalue weighted by atomic mass is 10.2. The van der Waals surface area contributed by atoms with Crippen molar-refractivity contribution in [2.45, 2.75) is 19.4 Å². The SMILES string of the molecule is CNCCC(ON1CC(C#N)=CC=C1C)c1scnc1Cl. The molecule has 112 valence electrons. The summed E-state index contributed by atoms with van der Waals surface area (Å²) in [6.45, 7) is 3.20. The molecular formula is C14H17ClN4OS. The average Bonchev–Trinajstić information content (AvgIpc) is 2.91. The number of hydrogen-bond donors (Lipinski definition) is 1. The van der Waals surface area contributed by atoms with Gasteiger partial charge in [-0.2, -0.15) is 5.26 Å². The van der Waals surface area contributed by atoms with Crippen molar-refractivity contribution in [2.75, 3.05) is 20.1 Å². The maximum absolute atomic E-state index is 9.03. The van der Waals surface area contributed by atoms with Crippen LogP contribution in [0.2, 0.25) is 5.15 Å². The first-order chi connectivity index (χ1) is 10.2. The van der Waals surface area contributed by atoms with Crippen molar-refractivity contribution in [3.8, 4) is 6.07 Å². The molecule has 1 aromatic rings. The van der Waals surface area contributed by atoms with Crippen LogP contribution in [-0.2, 0) is 4.84 Å². The maximum atomic E-state index is 9.03. The van der Waals surface area contributed by atoms with Gasteiger partial charge in [0.1, 0.15) is 11.3 Å². The van der Waals surface area contributed by atoms with Gasteiger partial charge in [0, 0.05) is 5.70 Å². The number of nitriles is 1. The standard InChI is InChI=1S/C14H17ClN4OS/c1-10-3-4-11(7-16)8-19(10)20-12(5-6-17-2)13-14(15)18-9-21-13/h3-4,9,12,17H,5-6,8H2,1-2H3. The van der Waals surface area contributed by atoms with Crippen molar-refractivity contribution >= 4 is 22.9 Å². The quantitative estimate of drug-likeness (QED) is 0.871. The van der Waals surface area contributed by atoms with Crippen molar-refractivity contribution in [1.82, 2.24) is 15.4 Å². The highest BCUT2D eigenvalue weighted by Gasteiger charge is 2.23. The van der Waals surface area contributed by atoms with Crippen LogP contribution in [0.25, 0.3) is 0 Å². The van der Waals surface area contributed by atoms with Gasteiger partial charge in [-0.05, 0) is 39.1 Å². The number of allylic oxidation sites excluding steroid dienone is 3. The lowest BCUT2D eigenvalue weighted by Gasteiger charge is -2.30. The number of rotatable bonds is 6. The molecule has 0 bridgehead atoms. The van der Waals surface area contributed by atoms with E-state index in [0.717, 1.165) is 23.5 Å².